The van der Waals surface area contributed by atoms with Crippen molar-refractivity contribution in [3.8, 4) is 0 Å². The minimum absolute atomic E-state index is 0.745. The van der Waals surface area contributed by atoms with E-state index < -0.39 is 0 Å². The Kier molecular flexibility index (Phi) is 3.67. The first-order chi connectivity index (χ1) is 5.86. The van der Waals surface area contributed by atoms with Crippen molar-refractivity contribution in [2.24, 2.45) is 0 Å². The van der Waals surface area contributed by atoms with Crippen LogP contribution in [0.1, 0.15) is 5.56 Å². The van der Waals surface area contributed by atoms with E-state index in [-0.39, 0.29) is 0 Å². The van der Waals surface area contributed by atoms with Crippen molar-refractivity contribution < 1.29 is 9.21 Å². The number of aldehydes is 1. The molecule has 0 amide bonds. The molecule has 0 radical (unpaired) electrons. The maximum Gasteiger partial charge on any atom is 0.146 e. The van der Waals surface area contributed by atoms with Crippen molar-refractivity contribution in [1.29, 1.82) is 0 Å². The van der Waals surface area contributed by atoms with E-state index in [0.717, 1.165) is 23.2 Å². The van der Waals surface area contributed by atoms with Crippen LogP contribution in [0, 0.1) is 0 Å². The standard InChI is InChI=1S/C9H10O2S/c1-12-7-9(5-10)4-8-2-3-11-6-8/h2-6H,7H2,1H3/b9-4+. The molecule has 0 saturated heterocycles. The molecule has 12 heavy (non-hydrogen) atoms. The van der Waals surface area contributed by atoms with Gasteiger partial charge in [0.1, 0.15) is 6.29 Å². The molecule has 1 rings (SSSR count). The molecule has 1 aromatic rings. The summed E-state index contributed by atoms with van der Waals surface area (Å²) in [7, 11) is 0. The average molecular weight is 182 g/mol. The van der Waals surface area contributed by atoms with Gasteiger partial charge in [0.05, 0.1) is 12.5 Å². The molecule has 64 valence electrons. The maximum absolute atomic E-state index is 10.5. The molecule has 0 bridgehead atoms. The van der Waals surface area contributed by atoms with Gasteiger partial charge in [0.2, 0.25) is 0 Å². The summed E-state index contributed by atoms with van der Waals surface area (Å²) in [5, 5.41) is 0. The minimum atomic E-state index is 0.745. The lowest BCUT2D eigenvalue weighted by Crippen LogP contribution is -1.87. The highest BCUT2D eigenvalue weighted by Gasteiger charge is 1.95. The van der Waals surface area contributed by atoms with Crippen LogP contribution < -0.4 is 0 Å². The monoisotopic (exact) mass is 182 g/mol. The van der Waals surface area contributed by atoms with E-state index in [1.54, 1.807) is 24.3 Å². The molecule has 0 spiro atoms. The van der Waals surface area contributed by atoms with Crippen LogP contribution >= 0.6 is 11.8 Å². The van der Waals surface area contributed by atoms with Gasteiger partial charge in [-0.05, 0) is 18.4 Å². The molecule has 0 atom stereocenters. The second-order valence-corrected chi connectivity index (χ2v) is 3.19. The Balaban J connectivity index is 2.71. The van der Waals surface area contributed by atoms with Gasteiger partial charge in [0.15, 0.2) is 0 Å². The highest BCUT2D eigenvalue weighted by molar-refractivity contribution is 7.98. The third kappa shape index (κ3) is 2.58. The molecular formula is C9H10O2S. The van der Waals surface area contributed by atoms with Gasteiger partial charge in [-0.3, -0.25) is 4.79 Å². The van der Waals surface area contributed by atoms with E-state index in [1.807, 2.05) is 18.4 Å². The molecule has 3 heteroatoms. The van der Waals surface area contributed by atoms with Crippen molar-refractivity contribution in [3.05, 3.63) is 29.7 Å². The van der Waals surface area contributed by atoms with E-state index in [4.69, 9.17) is 4.42 Å². The number of furan rings is 1. The summed E-state index contributed by atoms with van der Waals surface area (Å²) in [4.78, 5) is 10.5. The summed E-state index contributed by atoms with van der Waals surface area (Å²) in [6, 6.07) is 1.82. The number of rotatable bonds is 4. The van der Waals surface area contributed by atoms with Gasteiger partial charge in [0.25, 0.3) is 0 Å². The number of hydrogen-bond donors (Lipinski definition) is 0. The van der Waals surface area contributed by atoms with Crippen LogP contribution in [0.25, 0.3) is 6.08 Å². The lowest BCUT2D eigenvalue weighted by atomic mass is 10.2. The first kappa shape index (κ1) is 9.13. The highest BCUT2D eigenvalue weighted by Crippen LogP contribution is 2.09. The number of carbonyl (C=O) groups is 1. The Morgan fingerprint density at radius 1 is 1.75 bits per heavy atom. The second kappa shape index (κ2) is 4.83. The van der Waals surface area contributed by atoms with Crippen LogP contribution in [0.3, 0.4) is 0 Å². The number of hydrogen-bond acceptors (Lipinski definition) is 3. The third-order valence-electron chi connectivity index (χ3n) is 1.36. The molecule has 0 saturated carbocycles. The fraction of sp³-hybridized carbons (Fsp3) is 0.222. The van der Waals surface area contributed by atoms with Crippen molar-refractivity contribution in [2.45, 2.75) is 0 Å². The van der Waals surface area contributed by atoms with Gasteiger partial charge in [-0.15, -0.1) is 0 Å². The Morgan fingerprint density at radius 3 is 3.08 bits per heavy atom. The van der Waals surface area contributed by atoms with Crippen molar-refractivity contribution in [2.75, 3.05) is 12.0 Å². The summed E-state index contributed by atoms with van der Waals surface area (Å²) in [5.41, 5.74) is 1.72. The highest BCUT2D eigenvalue weighted by atomic mass is 32.2. The van der Waals surface area contributed by atoms with Crippen molar-refractivity contribution in [3.63, 3.8) is 0 Å². The zero-order valence-corrected chi connectivity index (χ0v) is 7.64. The van der Waals surface area contributed by atoms with E-state index >= 15 is 0 Å². The van der Waals surface area contributed by atoms with Crippen LogP contribution in [0.2, 0.25) is 0 Å². The van der Waals surface area contributed by atoms with E-state index in [9.17, 15) is 4.79 Å². The first-order valence-corrected chi connectivity index (χ1v) is 4.93. The minimum Gasteiger partial charge on any atom is -0.472 e. The first-order valence-electron chi connectivity index (χ1n) is 3.53. The quantitative estimate of drug-likeness (QED) is 0.528. The summed E-state index contributed by atoms with van der Waals surface area (Å²) >= 11 is 1.63. The zero-order chi connectivity index (χ0) is 8.81. The largest absolute Gasteiger partial charge is 0.472 e. The predicted molar refractivity (Wildman–Crippen MR) is 51.1 cm³/mol. The Morgan fingerprint density at radius 2 is 2.58 bits per heavy atom. The second-order valence-electron chi connectivity index (χ2n) is 2.33. The summed E-state index contributed by atoms with van der Waals surface area (Å²) in [6.45, 7) is 0. The van der Waals surface area contributed by atoms with Gasteiger partial charge in [-0.1, -0.05) is 0 Å². The Bertz CT molecular complexity index is 262. The lowest BCUT2D eigenvalue weighted by molar-refractivity contribution is -0.104. The molecule has 0 unspecified atom stereocenters. The zero-order valence-electron chi connectivity index (χ0n) is 6.82. The van der Waals surface area contributed by atoms with E-state index in [1.165, 1.54) is 0 Å². The molecule has 1 aromatic heterocycles. The van der Waals surface area contributed by atoms with Crippen LogP contribution in [0.5, 0.6) is 0 Å². The molecule has 0 aliphatic rings. The van der Waals surface area contributed by atoms with Gasteiger partial charge in [-0.2, -0.15) is 11.8 Å². The summed E-state index contributed by atoms with van der Waals surface area (Å²) in [6.07, 6.45) is 7.88. The Hall–Kier alpha value is -0.960. The van der Waals surface area contributed by atoms with Crippen LogP contribution in [-0.4, -0.2) is 18.3 Å². The number of thioether (sulfide) groups is 1. The topological polar surface area (TPSA) is 30.2 Å². The predicted octanol–water partition coefficient (Wildman–Crippen LogP) is 2.22. The molecule has 0 aliphatic heterocycles. The molecule has 0 fully saturated rings. The van der Waals surface area contributed by atoms with Crippen molar-refractivity contribution >= 4 is 24.1 Å². The Labute approximate surface area is 75.6 Å². The molecule has 0 aromatic carbocycles. The molecule has 0 N–H and O–H groups in total. The van der Waals surface area contributed by atoms with Gasteiger partial charge in [-0.25, -0.2) is 0 Å². The van der Waals surface area contributed by atoms with Gasteiger partial charge in [0, 0.05) is 16.9 Å². The third-order valence-corrected chi connectivity index (χ3v) is 1.98. The summed E-state index contributed by atoms with van der Waals surface area (Å²) < 4.78 is 4.87. The van der Waals surface area contributed by atoms with Crippen LogP contribution in [0.15, 0.2) is 28.6 Å². The fourth-order valence-corrected chi connectivity index (χ4v) is 1.33. The molecule has 1 heterocycles. The lowest BCUT2D eigenvalue weighted by Gasteiger charge is -1.93. The van der Waals surface area contributed by atoms with Gasteiger partial charge >= 0.3 is 0 Å². The normalized spacial score (nSPS) is 11.6. The fourth-order valence-electron chi connectivity index (χ4n) is 0.848. The summed E-state index contributed by atoms with van der Waals surface area (Å²) in [5.74, 6) is 0.745. The maximum atomic E-state index is 10.5. The average Bonchev–Trinajstić information content (AvgIpc) is 2.56. The van der Waals surface area contributed by atoms with Crippen LogP contribution in [-0.2, 0) is 4.79 Å². The smallest absolute Gasteiger partial charge is 0.146 e. The molecule has 2 nitrogen and oxygen atoms in total. The SMILES string of the molecule is CSC/C(C=O)=C/c1ccoc1. The van der Waals surface area contributed by atoms with Crippen molar-refractivity contribution in [1.82, 2.24) is 0 Å². The molecular weight excluding hydrogens is 172 g/mol. The number of carbonyl (C=O) groups excluding carboxylic acids is 1. The van der Waals surface area contributed by atoms with E-state index in [2.05, 4.69) is 0 Å². The van der Waals surface area contributed by atoms with E-state index in [0.29, 0.717) is 0 Å². The van der Waals surface area contributed by atoms with Crippen LogP contribution in [0.4, 0.5) is 0 Å². The van der Waals surface area contributed by atoms with Gasteiger partial charge < -0.3 is 4.42 Å². The molecule has 0 aliphatic carbocycles.